The van der Waals surface area contributed by atoms with E-state index >= 15 is 0 Å². The van der Waals surface area contributed by atoms with Crippen molar-refractivity contribution in [3.05, 3.63) is 51.5 Å². The average molecular weight is 439 g/mol. The molecule has 0 fully saturated rings. The van der Waals surface area contributed by atoms with E-state index in [9.17, 15) is 4.79 Å². The molecule has 2 aromatic rings. The van der Waals surface area contributed by atoms with Crippen LogP contribution in [0.5, 0.6) is 17.2 Å². The Morgan fingerprint density at radius 3 is 2.28 bits per heavy atom. The SMILES string of the molecule is CCCOc1c(Cl)cc(/C=N/NC(=O)c2ccc(OCC)c(OCC)c2)cc1Cl. The maximum atomic E-state index is 12.4. The van der Waals surface area contributed by atoms with Crippen LogP contribution < -0.4 is 19.6 Å². The zero-order valence-electron chi connectivity index (χ0n) is 16.6. The van der Waals surface area contributed by atoms with Crippen LogP contribution in [-0.4, -0.2) is 31.9 Å². The molecule has 0 saturated heterocycles. The van der Waals surface area contributed by atoms with Crippen LogP contribution in [0.2, 0.25) is 10.0 Å². The van der Waals surface area contributed by atoms with Crippen LogP contribution in [0.25, 0.3) is 0 Å². The molecule has 156 valence electrons. The van der Waals surface area contributed by atoms with E-state index in [1.807, 2.05) is 20.8 Å². The van der Waals surface area contributed by atoms with Gasteiger partial charge < -0.3 is 14.2 Å². The van der Waals surface area contributed by atoms with Crippen molar-refractivity contribution in [2.45, 2.75) is 27.2 Å². The number of nitrogens with zero attached hydrogens (tertiary/aromatic N) is 1. The highest BCUT2D eigenvalue weighted by molar-refractivity contribution is 6.37. The average Bonchev–Trinajstić information content (AvgIpc) is 2.69. The molecule has 6 nitrogen and oxygen atoms in total. The molecule has 0 radical (unpaired) electrons. The molecule has 1 amide bonds. The molecule has 1 N–H and O–H groups in total. The molecular weight excluding hydrogens is 415 g/mol. The summed E-state index contributed by atoms with van der Waals surface area (Å²) in [5, 5.41) is 4.73. The Kier molecular flexibility index (Phi) is 9.09. The van der Waals surface area contributed by atoms with E-state index in [0.29, 0.717) is 58.2 Å². The van der Waals surface area contributed by atoms with E-state index in [1.54, 1.807) is 30.3 Å². The van der Waals surface area contributed by atoms with Gasteiger partial charge in [-0.2, -0.15) is 5.10 Å². The second-order valence-corrected chi connectivity index (χ2v) is 6.70. The molecule has 0 aliphatic carbocycles. The number of carbonyl (C=O) groups excluding carboxylic acids is 1. The maximum absolute atomic E-state index is 12.4. The fraction of sp³-hybridized carbons (Fsp3) is 0.333. The largest absolute Gasteiger partial charge is 0.490 e. The molecule has 0 atom stereocenters. The van der Waals surface area contributed by atoms with Crippen molar-refractivity contribution in [3.8, 4) is 17.2 Å². The lowest BCUT2D eigenvalue weighted by molar-refractivity contribution is 0.0954. The number of hydrogen-bond acceptors (Lipinski definition) is 5. The summed E-state index contributed by atoms with van der Waals surface area (Å²) in [7, 11) is 0. The number of hydrogen-bond donors (Lipinski definition) is 1. The third-order valence-electron chi connectivity index (χ3n) is 3.66. The van der Waals surface area contributed by atoms with Crippen LogP contribution in [0.1, 0.15) is 43.1 Å². The molecular formula is C21H24Cl2N2O4. The van der Waals surface area contributed by atoms with Crippen LogP contribution in [0, 0.1) is 0 Å². The van der Waals surface area contributed by atoms with Gasteiger partial charge in [0.25, 0.3) is 5.91 Å². The van der Waals surface area contributed by atoms with Gasteiger partial charge in [-0.25, -0.2) is 5.43 Å². The Hall–Kier alpha value is -2.44. The third-order valence-corrected chi connectivity index (χ3v) is 4.22. The predicted molar refractivity (Wildman–Crippen MR) is 116 cm³/mol. The Labute approximate surface area is 180 Å². The van der Waals surface area contributed by atoms with Crippen LogP contribution in [-0.2, 0) is 0 Å². The van der Waals surface area contributed by atoms with Crippen molar-refractivity contribution in [1.29, 1.82) is 0 Å². The summed E-state index contributed by atoms with van der Waals surface area (Å²) < 4.78 is 16.6. The zero-order chi connectivity index (χ0) is 21.2. The number of nitrogens with one attached hydrogen (secondary N) is 1. The lowest BCUT2D eigenvalue weighted by Gasteiger charge is -2.11. The predicted octanol–water partition coefficient (Wildman–Crippen LogP) is 5.34. The fourth-order valence-electron chi connectivity index (χ4n) is 2.42. The van der Waals surface area contributed by atoms with E-state index in [1.165, 1.54) is 6.21 Å². The smallest absolute Gasteiger partial charge is 0.271 e. The number of carbonyl (C=O) groups is 1. The van der Waals surface area contributed by atoms with Crippen molar-refractivity contribution in [2.24, 2.45) is 5.10 Å². The molecule has 0 saturated carbocycles. The van der Waals surface area contributed by atoms with Crippen LogP contribution in [0.3, 0.4) is 0 Å². The van der Waals surface area contributed by atoms with E-state index in [-0.39, 0.29) is 5.91 Å². The van der Waals surface area contributed by atoms with Gasteiger partial charge in [-0.3, -0.25) is 4.79 Å². The summed E-state index contributed by atoms with van der Waals surface area (Å²) in [4.78, 5) is 12.4. The van der Waals surface area contributed by atoms with Crippen LogP contribution >= 0.6 is 23.2 Å². The first-order valence-electron chi connectivity index (χ1n) is 9.35. The zero-order valence-corrected chi connectivity index (χ0v) is 18.1. The molecule has 29 heavy (non-hydrogen) atoms. The summed E-state index contributed by atoms with van der Waals surface area (Å²) in [6, 6.07) is 8.29. The van der Waals surface area contributed by atoms with Gasteiger partial charge in [0.1, 0.15) is 0 Å². The van der Waals surface area contributed by atoms with E-state index in [0.717, 1.165) is 6.42 Å². The molecule has 0 spiro atoms. The summed E-state index contributed by atoms with van der Waals surface area (Å²) >= 11 is 12.4. The van der Waals surface area contributed by atoms with Crippen molar-refractivity contribution >= 4 is 35.3 Å². The first-order valence-corrected chi connectivity index (χ1v) is 10.1. The molecule has 8 heteroatoms. The van der Waals surface area contributed by atoms with Gasteiger partial charge in [0.2, 0.25) is 0 Å². The Morgan fingerprint density at radius 1 is 1.00 bits per heavy atom. The molecule has 0 unspecified atom stereocenters. The van der Waals surface area contributed by atoms with E-state index in [4.69, 9.17) is 37.4 Å². The standard InChI is InChI=1S/C21H24Cl2N2O4/c1-4-9-29-20-16(22)10-14(11-17(20)23)13-24-25-21(26)15-7-8-18(27-5-2)19(12-15)28-6-3/h7-8,10-13H,4-6,9H2,1-3H3,(H,25,26)/b24-13+. The number of halogens is 2. The first kappa shape index (κ1) is 22.8. The molecule has 0 aromatic heterocycles. The van der Waals surface area contributed by atoms with Crippen molar-refractivity contribution in [1.82, 2.24) is 5.43 Å². The fourth-order valence-corrected chi connectivity index (χ4v) is 3.03. The van der Waals surface area contributed by atoms with Gasteiger partial charge >= 0.3 is 0 Å². The second kappa shape index (κ2) is 11.5. The Morgan fingerprint density at radius 2 is 1.66 bits per heavy atom. The van der Waals surface area contributed by atoms with Gasteiger partial charge in [-0.1, -0.05) is 30.1 Å². The minimum absolute atomic E-state index is 0.381. The number of rotatable bonds is 10. The highest BCUT2D eigenvalue weighted by atomic mass is 35.5. The van der Waals surface area contributed by atoms with Crippen LogP contribution in [0.4, 0.5) is 0 Å². The van der Waals surface area contributed by atoms with Gasteiger partial charge in [0.15, 0.2) is 17.2 Å². The van der Waals surface area contributed by atoms with Gasteiger partial charge in [0.05, 0.1) is 36.1 Å². The highest BCUT2D eigenvalue weighted by Crippen LogP contribution is 2.34. The minimum atomic E-state index is -0.384. The Bertz CT molecular complexity index is 849. The molecule has 0 bridgehead atoms. The first-order chi connectivity index (χ1) is 14.0. The molecule has 2 aromatic carbocycles. The van der Waals surface area contributed by atoms with Gasteiger partial charge in [-0.15, -0.1) is 0 Å². The minimum Gasteiger partial charge on any atom is -0.490 e. The number of benzene rings is 2. The van der Waals surface area contributed by atoms with Crippen molar-refractivity contribution < 1.29 is 19.0 Å². The number of ether oxygens (including phenoxy) is 3. The van der Waals surface area contributed by atoms with Gasteiger partial charge in [0, 0.05) is 5.56 Å². The van der Waals surface area contributed by atoms with E-state index < -0.39 is 0 Å². The monoisotopic (exact) mass is 438 g/mol. The maximum Gasteiger partial charge on any atom is 0.271 e. The summed E-state index contributed by atoms with van der Waals surface area (Å²) in [5.41, 5.74) is 3.50. The van der Waals surface area contributed by atoms with Crippen molar-refractivity contribution in [3.63, 3.8) is 0 Å². The quantitative estimate of drug-likeness (QED) is 0.401. The van der Waals surface area contributed by atoms with Crippen LogP contribution in [0.15, 0.2) is 35.4 Å². The second-order valence-electron chi connectivity index (χ2n) is 5.89. The Balaban J connectivity index is 2.08. The molecule has 0 aliphatic heterocycles. The molecule has 0 aliphatic rings. The lowest BCUT2D eigenvalue weighted by Crippen LogP contribution is -2.17. The summed E-state index contributed by atoms with van der Waals surface area (Å²) in [6.45, 7) is 7.22. The molecule has 2 rings (SSSR count). The van der Waals surface area contributed by atoms with E-state index in [2.05, 4.69) is 10.5 Å². The lowest BCUT2D eigenvalue weighted by atomic mass is 10.2. The summed E-state index contributed by atoms with van der Waals surface area (Å²) in [5.74, 6) is 1.15. The third kappa shape index (κ3) is 6.54. The van der Waals surface area contributed by atoms with Crippen molar-refractivity contribution in [2.75, 3.05) is 19.8 Å². The number of hydrazone groups is 1. The molecule has 0 heterocycles. The topological polar surface area (TPSA) is 69.2 Å². The number of amides is 1. The normalized spacial score (nSPS) is 10.8. The van der Waals surface area contributed by atoms with Gasteiger partial charge in [-0.05, 0) is 56.2 Å². The highest BCUT2D eigenvalue weighted by Gasteiger charge is 2.12. The summed E-state index contributed by atoms with van der Waals surface area (Å²) in [6.07, 6.45) is 2.30.